The van der Waals surface area contributed by atoms with Gasteiger partial charge in [-0.15, -0.1) is 0 Å². The van der Waals surface area contributed by atoms with E-state index in [-0.39, 0.29) is 0 Å². The fourth-order valence-corrected chi connectivity index (χ4v) is 2.81. The predicted octanol–water partition coefficient (Wildman–Crippen LogP) is 3.07. The highest BCUT2D eigenvalue weighted by Gasteiger charge is 2.11. The SMILES string of the molecule is C1=Cc2cccc(c2)C1.CCO[SiH](OCC)OCC. The van der Waals surface area contributed by atoms with Gasteiger partial charge in [0.15, 0.2) is 0 Å². The Morgan fingerprint density at radius 2 is 1.63 bits per heavy atom. The van der Waals surface area contributed by atoms with Gasteiger partial charge in [0.25, 0.3) is 0 Å². The van der Waals surface area contributed by atoms with Crippen LogP contribution >= 0.6 is 0 Å². The largest absolute Gasteiger partial charge is 0.484 e. The minimum Gasteiger partial charge on any atom is -0.376 e. The maximum absolute atomic E-state index is 5.22. The van der Waals surface area contributed by atoms with Crippen molar-refractivity contribution in [3.05, 3.63) is 41.5 Å². The first-order valence-electron chi connectivity index (χ1n) is 6.90. The number of rotatable bonds is 6. The molecule has 3 nitrogen and oxygen atoms in total. The lowest BCUT2D eigenvalue weighted by Crippen LogP contribution is -2.27. The van der Waals surface area contributed by atoms with Crippen molar-refractivity contribution in [2.24, 2.45) is 0 Å². The van der Waals surface area contributed by atoms with Crippen molar-refractivity contribution in [1.82, 2.24) is 0 Å². The number of benzene rings is 1. The summed E-state index contributed by atoms with van der Waals surface area (Å²) < 4.78 is 15.7. The van der Waals surface area contributed by atoms with E-state index in [1.807, 2.05) is 20.8 Å². The van der Waals surface area contributed by atoms with Gasteiger partial charge in [-0.25, -0.2) is 0 Å². The molecule has 0 heterocycles. The molecule has 106 valence electrons. The van der Waals surface area contributed by atoms with Crippen LogP contribution in [-0.2, 0) is 19.7 Å². The van der Waals surface area contributed by atoms with E-state index in [9.17, 15) is 0 Å². The van der Waals surface area contributed by atoms with E-state index in [2.05, 4.69) is 36.4 Å². The van der Waals surface area contributed by atoms with E-state index < -0.39 is 9.53 Å². The van der Waals surface area contributed by atoms with Gasteiger partial charge in [-0.2, -0.15) is 0 Å². The lowest BCUT2D eigenvalue weighted by Gasteiger charge is -2.12. The fourth-order valence-electron chi connectivity index (χ4n) is 1.71. The summed E-state index contributed by atoms with van der Waals surface area (Å²) in [5, 5.41) is 0. The normalized spacial score (nSPS) is 12.2. The van der Waals surface area contributed by atoms with E-state index >= 15 is 0 Å². The van der Waals surface area contributed by atoms with Crippen molar-refractivity contribution < 1.29 is 13.3 Å². The Hall–Kier alpha value is -0.943. The summed E-state index contributed by atoms with van der Waals surface area (Å²) in [6.45, 7) is 7.86. The molecule has 0 amide bonds. The lowest BCUT2D eigenvalue weighted by molar-refractivity contribution is 0.107. The van der Waals surface area contributed by atoms with Crippen molar-refractivity contribution in [2.45, 2.75) is 27.2 Å². The van der Waals surface area contributed by atoms with Crippen LogP contribution in [-0.4, -0.2) is 29.3 Å². The Kier molecular flexibility index (Phi) is 8.41. The molecule has 1 aromatic rings. The Labute approximate surface area is 118 Å². The molecule has 0 radical (unpaired) electrons. The molecule has 0 aromatic heterocycles. The van der Waals surface area contributed by atoms with Crippen LogP contribution in [0.3, 0.4) is 0 Å². The molecule has 0 aliphatic heterocycles. The predicted molar refractivity (Wildman–Crippen MR) is 81.2 cm³/mol. The molecule has 0 N–H and O–H groups in total. The molecule has 1 aliphatic rings. The summed E-state index contributed by atoms with van der Waals surface area (Å²) >= 11 is 0. The molecule has 0 unspecified atom stereocenters. The van der Waals surface area contributed by atoms with Gasteiger partial charge in [-0.1, -0.05) is 36.4 Å². The van der Waals surface area contributed by atoms with Crippen LogP contribution in [0.1, 0.15) is 31.9 Å². The van der Waals surface area contributed by atoms with Crippen LogP contribution < -0.4 is 0 Å². The zero-order chi connectivity index (χ0) is 13.9. The average molecular weight is 280 g/mol. The van der Waals surface area contributed by atoms with E-state index in [0.717, 1.165) is 6.42 Å². The van der Waals surface area contributed by atoms with Gasteiger partial charge >= 0.3 is 9.53 Å². The topological polar surface area (TPSA) is 27.7 Å². The minimum atomic E-state index is -1.73. The minimum absolute atomic E-state index is 0.677. The summed E-state index contributed by atoms with van der Waals surface area (Å²) in [7, 11) is -1.73. The molecule has 0 atom stereocenters. The number of allylic oxidation sites excluding steroid dienone is 1. The molecular weight excluding hydrogens is 256 g/mol. The molecule has 0 saturated carbocycles. The highest BCUT2D eigenvalue weighted by atomic mass is 28.3. The summed E-state index contributed by atoms with van der Waals surface area (Å²) in [4.78, 5) is 0. The first-order valence-corrected chi connectivity index (χ1v) is 8.31. The number of fused-ring (bicyclic) bond motifs is 2. The third-order valence-corrected chi connectivity index (χ3v) is 4.34. The summed E-state index contributed by atoms with van der Waals surface area (Å²) in [5.41, 5.74) is 2.76. The van der Waals surface area contributed by atoms with Gasteiger partial charge in [0.2, 0.25) is 0 Å². The first-order chi connectivity index (χ1) is 9.30. The van der Waals surface area contributed by atoms with E-state index in [0.29, 0.717) is 19.8 Å². The zero-order valence-corrected chi connectivity index (χ0v) is 13.2. The smallest absolute Gasteiger partial charge is 0.376 e. The molecule has 1 aromatic carbocycles. The second-order valence-electron chi connectivity index (χ2n) is 4.01. The average Bonchev–Trinajstić information content (AvgIpc) is 2.41. The Bertz CT molecular complexity index is 365. The van der Waals surface area contributed by atoms with Crippen LogP contribution in [0.2, 0.25) is 0 Å². The van der Waals surface area contributed by atoms with Gasteiger partial charge in [-0.05, 0) is 38.3 Å². The van der Waals surface area contributed by atoms with Crippen molar-refractivity contribution in [1.29, 1.82) is 0 Å². The van der Waals surface area contributed by atoms with Gasteiger partial charge in [0, 0.05) is 19.8 Å². The zero-order valence-electron chi connectivity index (χ0n) is 12.1. The summed E-state index contributed by atoms with van der Waals surface area (Å²) in [6.07, 6.45) is 5.46. The van der Waals surface area contributed by atoms with Crippen molar-refractivity contribution in [2.75, 3.05) is 19.8 Å². The second-order valence-corrected chi connectivity index (χ2v) is 5.58. The highest BCUT2D eigenvalue weighted by Crippen LogP contribution is 2.13. The quantitative estimate of drug-likeness (QED) is 0.750. The standard InChI is InChI=1S/C9H8.C6H16O3Si/c1-3-8-5-2-6-9(4-1)7-8;1-4-7-10(8-5-2)9-6-3/h1-5,7H,6H2;10H,4-6H2,1-3H3. The fraction of sp³-hybridized carbons (Fsp3) is 0.467. The molecular formula is C15H24O3Si. The highest BCUT2D eigenvalue weighted by molar-refractivity contribution is 6.36. The summed E-state index contributed by atoms with van der Waals surface area (Å²) in [6, 6.07) is 8.61. The molecule has 1 aliphatic carbocycles. The Morgan fingerprint density at radius 3 is 2.11 bits per heavy atom. The Balaban J connectivity index is 0.000000190. The van der Waals surface area contributed by atoms with Crippen molar-refractivity contribution in [3.63, 3.8) is 0 Å². The van der Waals surface area contributed by atoms with Crippen molar-refractivity contribution >= 4 is 15.6 Å². The number of hydrogen-bond donors (Lipinski definition) is 0. The van der Waals surface area contributed by atoms with Crippen LogP contribution in [0.4, 0.5) is 0 Å². The van der Waals surface area contributed by atoms with Crippen LogP contribution in [0.25, 0.3) is 6.08 Å². The maximum atomic E-state index is 5.22. The molecule has 2 bridgehead atoms. The van der Waals surface area contributed by atoms with E-state index in [1.54, 1.807) is 0 Å². The molecule has 0 fully saturated rings. The van der Waals surface area contributed by atoms with Gasteiger partial charge in [0.05, 0.1) is 0 Å². The summed E-state index contributed by atoms with van der Waals surface area (Å²) in [5.74, 6) is 0. The molecule has 2 rings (SSSR count). The first kappa shape index (κ1) is 16.1. The Morgan fingerprint density at radius 1 is 1.00 bits per heavy atom. The van der Waals surface area contributed by atoms with E-state index in [1.165, 1.54) is 11.1 Å². The lowest BCUT2D eigenvalue weighted by atomic mass is 10.0. The molecule has 0 spiro atoms. The van der Waals surface area contributed by atoms with Gasteiger partial charge in [-0.3, -0.25) is 0 Å². The second kappa shape index (κ2) is 9.92. The van der Waals surface area contributed by atoms with Crippen LogP contribution in [0.5, 0.6) is 0 Å². The van der Waals surface area contributed by atoms with Gasteiger partial charge in [0.1, 0.15) is 0 Å². The third kappa shape index (κ3) is 6.68. The monoisotopic (exact) mass is 280 g/mol. The number of hydrogen-bond acceptors (Lipinski definition) is 3. The molecule has 0 saturated heterocycles. The van der Waals surface area contributed by atoms with E-state index in [4.69, 9.17) is 13.3 Å². The van der Waals surface area contributed by atoms with Crippen LogP contribution in [0.15, 0.2) is 30.3 Å². The molecule has 19 heavy (non-hydrogen) atoms. The third-order valence-electron chi connectivity index (χ3n) is 2.52. The molecule has 4 heteroatoms. The van der Waals surface area contributed by atoms with Crippen molar-refractivity contribution in [3.8, 4) is 0 Å². The van der Waals surface area contributed by atoms with Gasteiger partial charge < -0.3 is 13.3 Å². The maximum Gasteiger partial charge on any atom is 0.484 e. The van der Waals surface area contributed by atoms with Crippen LogP contribution in [0, 0.1) is 0 Å².